The Bertz CT molecular complexity index is 1090. The molecule has 0 aliphatic carbocycles. The van der Waals surface area contributed by atoms with Crippen LogP contribution in [0.5, 0.6) is 0 Å². The molecular formula is C29H36N4O3. The molecule has 36 heavy (non-hydrogen) atoms. The summed E-state index contributed by atoms with van der Waals surface area (Å²) < 4.78 is 5.67. The summed E-state index contributed by atoms with van der Waals surface area (Å²) in [6.07, 6.45) is 4.17. The van der Waals surface area contributed by atoms with Crippen molar-refractivity contribution in [1.82, 2.24) is 19.7 Å². The van der Waals surface area contributed by atoms with Crippen molar-refractivity contribution >= 4 is 5.91 Å². The van der Waals surface area contributed by atoms with E-state index in [0.29, 0.717) is 30.6 Å². The second kappa shape index (κ2) is 11.8. The zero-order valence-corrected chi connectivity index (χ0v) is 20.8. The lowest BCUT2D eigenvalue weighted by Gasteiger charge is -2.35. The average Bonchev–Trinajstić information content (AvgIpc) is 3.39. The molecule has 3 aromatic rings. The van der Waals surface area contributed by atoms with E-state index < -0.39 is 6.10 Å². The molecule has 2 aromatic carbocycles. The second-order valence-electron chi connectivity index (χ2n) is 10.1. The zero-order valence-electron chi connectivity index (χ0n) is 20.8. The van der Waals surface area contributed by atoms with Gasteiger partial charge in [-0.25, -0.2) is 4.98 Å². The van der Waals surface area contributed by atoms with E-state index in [1.54, 1.807) is 0 Å². The summed E-state index contributed by atoms with van der Waals surface area (Å²) in [5.41, 5.74) is 2.74. The summed E-state index contributed by atoms with van der Waals surface area (Å²) in [6, 6.07) is 20.4. The van der Waals surface area contributed by atoms with Gasteiger partial charge in [-0.05, 0) is 36.3 Å². The first-order valence-electron chi connectivity index (χ1n) is 13.1. The van der Waals surface area contributed by atoms with Crippen LogP contribution in [0.1, 0.15) is 46.5 Å². The Balaban J connectivity index is 1.05. The molecule has 0 saturated carbocycles. The van der Waals surface area contributed by atoms with Gasteiger partial charge in [-0.2, -0.15) is 0 Å². The summed E-state index contributed by atoms with van der Waals surface area (Å²) in [7, 11) is 0. The van der Waals surface area contributed by atoms with Crippen LogP contribution in [0.25, 0.3) is 0 Å². The molecular weight excluding hydrogens is 452 g/mol. The van der Waals surface area contributed by atoms with Crippen molar-refractivity contribution in [2.45, 2.75) is 31.9 Å². The predicted octanol–water partition coefficient (Wildman–Crippen LogP) is 3.62. The molecule has 7 nitrogen and oxygen atoms in total. The summed E-state index contributed by atoms with van der Waals surface area (Å²) >= 11 is 0. The number of rotatable bonds is 8. The van der Waals surface area contributed by atoms with Gasteiger partial charge in [0.25, 0.3) is 5.91 Å². The lowest BCUT2D eigenvalue weighted by Crippen LogP contribution is -2.47. The van der Waals surface area contributed by atoms with E-state index in [0.717, 1.165) is 64.1 Å². The molecule has 3 heterocycles. The Kier molecular flexibility index (Phi) is 8.11. The van der Waals surface area contributed by atoms with E-state index in [-0.39, 0.29) is 5.91 Å². The fourth-order valence-corrected chi connectivity index (χ4v) is 5.28. The van der Waals surface area contributed by atoms with Crippen LogP contribution in [0.15, 0.2) is 71.3 Å². The molecule has 0 radical (unpaired) electrons. The molecule has 1 amide bonds. The van der Waals surface area contributed by atoms with Gasteiger partial charge in [0.15, 0.2) is 5.69 Å². The lowest BCUT2D eigenvalue weighted by atomic mass is 9.90. The topological polar surface area (TPSA) is 73.0 Å². The van der Waals surface area contributed by atoms with Crippen LogP contribution >= 0.6 is 0 Å². The number of piperidine rings is 1. The molecule has 1 unspecified atom stereocenters. The van der Waals surface area contributed by atoms with E-state index >= 15 is 0 Å². The number of hydrogen-bond acceptors (Lipinski definition) is 6. The number of benzene rings is 2. The first-order valence-corrected chi connectivity index (χ1v) is 13.1. The maximum absolute atomic E-state index is 13.0. The Morgan fingerprint density at radius 3 is 2.25 bits per heavy atom. The van der Waals surface area contributed by atoms with Gasteiger partial charge in [0.2, 0.25) is 5.89 Å². The number of aromatic nitrogens is 1. The highest BCUT2D eigenvalue weighted by molar-refractivity contribution is 5.92. The molecule has 5 rings (SSSR count). The van der Waals surface area contributed by atoms with E-state index in [2.05, 4.69) is 45.1 Å². The van der Waals surface area contributed by atoms with E-state index in [1.807, 2.05) is 35.2 Å². The Morgan fingerprint density at radius 1 is 0.917 bits per heavy atom. The van der Waals surface area contributed by atoms with Crippen molar-refractivity contribution in [2.75, 3.05) is 45.8 Å². The van der Waals surface area contributed by atoms with Gasteiger partial charge in [0.1, 0.15) is 6.26 Å². The number of aliphatic hydroxyl groups excluding tert-OH is 1. The van der Waals surface area contributed by atoms with Crippen LogP contribution in [0.4, 0.5) is 0 Å². The summed E-state index contributed by atoms with van der Waals surface area (Å²) in [5.74, 6) is 1.19. The fourth-order valence-electron chi connectivity index (χ4n) is 5.28. The number of carbonyl (C=O) groups excluding carboxylic acids is 1. The van der Waals surface area contributed by atoms with Crippen molar-refractivity contribution in [2.24, 2.45) is 5.92 Å². The molecule has 7 heteroatoms. The Hall–Kier alpha value is -3.00. The molecule has 190 valence electrons. The van der Waals surface area contributed by atoms with Gasteiger partial charge in [-0.3, -0.25) is 14.6 Å². The molecule has 1 N–H and O–H groups in total. The van der Waals surface area contributed by atoms with Gasteiger partial charge >= 0.3 is 0 Å². The fraction of sp³-hybridized carbons (Fsp3) is 0.448. The maximum atomic E-state index is 13.0. The van der Waals surface area contributed by atoms with E-state index in [9.17, 15) is 9.90 Å². The third-order valence-corrected chi connectivity index (χ3v) is 7.48. The predicted molar refractivity (Wildman–Crippen MR) is 138 cm³/mol. The van der Waals surface area contributed by atoms with Crippen LogP contribution in [-0.4, -0.2) is 76.5 Å². The minimum absolute atomic E-state index is 0.0251. The van der Waals surface area contributed by atoms with Crippen LogP contribution in [0, 0.1) is 5.92 Å². The van der Waals surface area contributed by atoms with E-state index in [1.165, 1.54) is 11.8 Å². The Labute approximate surface area is 213 Å². The van der Waals surface area contributed by atoms with Crippen molar-refractivity contribution < 1.29 is 14.3 Å². The smallest absolute Gasteiger partial charge is 0.275 e. The van der Waals surface area contributed by atoms with Crippen LogP contribution < -0.4 is 0 Å². The van der Waals surface area contributed by atoms with Crippen molar-refractivity contribution in [3.8, 4) is 0 Å². The number of hydrogen-bond donors (Lipinski definition) is 1. The largest absolute Gasteiger partial charge is 0.447 e. The number of β-amino-alcohol motifs (C(OH)–C–C–N with tert-alkyl or cyclic N) is 1. The van der Waals surface area contributed by atoms with Crippen LogP contribution in [0.2, 0.25) is 0 Å². The highest BCUT2D eigenvalue weighted by Crippen LogP contribution is 2.23. The zero-order chi connectivity index (χ0) is 24.7. The third-order valence-electron chi connectivity index (χ3n) is 7.48. The first kappa shape index (κ1) is 24.7. The van der Waals surface area contributed by atoms with Gasteiger partial charge in [-0.15, -0.1) is 0 Å². The van der Waals surface area contributed by atoms with E-state index in [4.69, 9.17) is 4.42 Å². The Morgan fingerprint density at radius 2 is 1.56 bits per heavy atom. The quantitative estimate of drug-likeness (QED) is 0.522. The minimum atomic E-state index is -0.471. The molecule has 2 aliphatic heterocycles. The average molecular weight is 489 g/mol. The van der Waals surface area contributed by atoms with Crippen LogP contribution in [-0.2, 0) is 13.0 Å². The molecule has 1 aromatic heterocycles. The molecule has 2 fully saturated rings. The highest BCUT2D eigenvalue weighted by atomic mass is 16.3. The standard InChI is InChI=1S/C29H36N4O3/c34-27(25-9-5-2-6-10-25)20-31-15-17-32(18-16-31)21-28-30-26(22-36-28)29(35)33-13-11-24(12-14-33)19-23-7-3-1-4-8-23/h1-10,22,24,27,34H,11-21H2. The SMILES string of the molecule is O=C(c1coc(CN2CCN(CC(O)c3ccccc3)CC2)n1)N1CCC(Cc2ccccc2)CC1. The number of piperazine rings is 1. The van der Waals surface area contributed by atoms with Crippen LogP contribution in [0.3, 0.4) is 0 Å². The van der Waals surface area contributed by atoms with Gasteiger partial charge in [0.05, 0.1) is 12.6 Å². The van der Waals surface area contributed by atoms with Gasteiger partial charge in [-0.1, -0.05) is 60.7 Å². The third kappa shape index (κ3) is 6.40. The molecule has 2 saturated heterocycles. The summed E-state index contributed by atoms with van der Waals surface area (Å²) in [6.45, 7) is 6.30. The molecule has 0 spiro atoms. The normalized spacial score (nSPS) is 18.9. The second-order valence-corrected chi connectivity index (χ2v) is 10.1. The number of amides is 1. The number of carbonyl (C=O) groups is 1. The molecule has 2 aliphatic rings. The minimum Gasteiger partial charge on any atom is -0.447 e. The van der Waals surface area contributed by atoms with Crippen molar-refractivity contribution in [3.05, 3.63) is 89.6 Å². The van der Waals surface area contributed by atoms with Gasteiger partial charge < -0.3 is 14.4 Å². The van der Waals surface area contributed by atoms with Crippen molar-refractivity contribution in [3.63, 3.8) is 0 Å². The van der Waals surface area contributed by atoms with Gasteiger partial charge in [0, 0.05) is 45.8 Å². The maximum Gasteiger partial charge on any atom is 0.275 e. The lowest BCUT2D eigenvalue weighted by molar-refractivity contribution is 0.0670. The highest BCUT2D eigenvalue weighted by Gasteiger charge is 2.26. The number of oxazole rings is 1. The molecule has 0 bridgehead atoms. The number of nitrogens with zero attached hydrogens (tertiary/aromatic N) is 4. The summed E-state index contributed by atoms with van der Waals surface area (Å²) in [5, 5.41) is 10.5. The van der Waals surface area contributed by atoms with Crippen molar-refractivity contribution in [1.29, 1.82) is 0 Å². The number of aliphatic hydroxyl groups is 1. The first-order chi connectivity index (χ1) is 17.6. The number of likely N-dealkylation sites (tertiary alicyclic amines) is 1. The summed E-state index contributed by atoms with van der Waals surface area (Å²) in [4.78, 5) is 24.0. The monoisotopic (exact) mass is 488 g/mol. The molecule has 1 atom stereocenters.